The number of aryl methyl sites for hydroxylation is 2. The molecule has 1 aromatic heterocycles. The molecule has 0 saturated heterocycles. The molecule has 3 rings (SSSR count). The average molecular weight is 445 g/mol. The van der Waals surface area contributed by atoms with E-state index in [0.29, 0.717) is 29.2 Å². The summed E-state index contributed by atoms with van der Waals surface area (Å²) in [6.45, 7) is 7.02. The van der Waals surface area contributed by atoms with Crippen LogP contribution in [0.5, 0.6) is 5.75 Å². The zero-order chi connectivity index (χ0) is 21.5. The van der Waals surface area contributed by atoms with E-state index in [1.54, 1.807) is 0 Å². The Labute approximate surface area is 186 Å². The third-order valence-electron chi connectivity index (χ3n) is 4.59. The Kier molecular flexibility index (Phi) is 7.76. The van der Waals surface area contributed by atoms with Crippen LogP contribution in [-0.2, 0) is 24.4 Å². The highest BCUT2D eigenvalue weighted by Crippen LogP contribution is 2.23. The van der Waals surface area contributed by atoms with Crippen LogP contribution in [0.15, 0.2) is 47.6 Å². The van der Waals surface area contributed by atoms with Gasteiger partial charge >= 0.3 is 0 Å². The summed E-state index contributed by atoms with van der Waals surface area (Å²) < 4.78 is 7.79. The number of halogens is 1. The largest absolute Gasteiger partial charge is 0.486 e. The second-order valence-electron chi connectivity index (χ2n) is 6.73. The Morgan fingerprint density at radius 1 is 1.17 bits per heavy atom. The van der Waals surface area contributed by atoms with E-state index in [4.69, 9.17) is 16.3 Å². The summed E-state index contributed by atoms with van der Waals surface area (Å²) >= 11 is 7.41. The molecule has 0 unspecified atom stereocenters. The minimum atomic E-state index is -0.0793. The Balaban J connectivity index is 1.56. The first-order valence-corrected chi connectivity index (χ1v) is 11.2. The van der Waals surface area contributed by atoms with E-state index in [2.05, 4.69) is 22.4 Å². The third-order valence-corrected chi connectivity index (χ3v) is 5.98. The number of nitrogens with one attached hydrogen (secondary N) is 1. The van der Waals surface area contributed by atoms with E-state index in [-0.39, 0.29) is 11.7 Å². The second-order valence-corrected chi connectivity index (χ2v) is 8.08. The molecule has 0 radical (unpaired) electrons. The van der Waals surface area contributed by atoms with E-state index in [1.807, 2.05) is 60.9 Å². The van der Waals surface area contributed by atoms with Crippen molar-refractivity contribution in [3.63, 3.8) is 0 Å². The van der Waals surface area contributed by atoms with Gasteiger partial charge in [-0.1, -0.05) is 42.4 Å². The number of rotatable bonds is 9. The van der Waals surface area contributed by atoms with Crippen LogP contribution in [0.1, 0.15) is 30.8 Å². The van der Waals surface area contributed by atoms with Gasteiger partial charge in [-0.25, -0.2) is 0 Å². The van der Waals surface area contributed by atoms with Crippen LogP contribution in [0.2, 0.25) is 5.02 Å². The first-order chi connectivity index (χ1) is 14.5. The molecule has 3 aromatic rings. The highest BCUT2D eigenvalue weighted by molar-refractivity contribution is 7.99. The maximum Gasteiger partial charge on any atom is 0.234 e. The van der Waals surface area contributed by atoms with Crippen molar-refractivity contribution in [1.82, 2.24) is 14.8 Å². The standard InChI is InChI=1S/C22H25ClN4O2S/c1-4-16-6-8-17(9-7-16)24-21(28)14-30-22-26-25-20(27(22)5-2)13-29-18-10-11-19(23)15(3)12-18/h6-12H,4-5,13-14H2,1-3H3,(H,24,28). The number of benzene rings is 2. The van der Waals surface area contributed by atoms with E-state index in [9.17, 15) is 4.79 Å². The van der Waals surface area contributed by atoms with Gasteiger partial charge < -0.3 is 14.6 Å². The topological polar surface area (TPSA) is 69.0 Å². The average Bonchev–Trinajstić information content (AvgIpc) is 3.15. The van der Waals surface area contributed by atoms with Gasteiger partial charge in [-0.05, 0) is 61.7 Å². The van der Waals surface area contributed by atoms with Crippen LogP contribution in [0.25, 0.3) is 0 Å². The summed E-state index contributed by atoms with van der Waals surface area (Å²) in [5.41, 5.74) is 2.99. The summed E-state index contributed by atoms with van der Waals surface area (Å²) in [6, 6.07) is 13.4. The number of hydrogen-bond donors (Lipinski definition) is 1. The summed E-state index contributed by atoms with van der Waals surface area (Å²) in [7, 11) is 0. The monoisotopic (exact) mass is 444 g/mol. The molecule has 8 heteroatoms. The number of amides is 1. The molecule has 30 heavy (non-hydrogen) atoms. The quantitative estimate of drug-likeness (QED) is 0.463. The van der Waals surface area contributed by atoms with E-state index in [0.717, 1.165) is 23.4 Å². The predicted octanol–water partition coefficient (Wildman–Crippen LogP) is 5.13. The summed E-state index contributed by atoms with van der Waals surface area (Å²) in [5.74, 6) is 1.61. The van der Waals surface area contributed by atoms with Gasteiger partial charge in [0, 0.05) is 17.3 Å². The Bertz CT molecular complexity index is 1000. The van der Waals surface area contributed by atoms with E-state index >= 15 is 0 Å². The fraction of sp³-hybridized carbons (Fsp3) is 0.318. The van der Waals surface area contributed by atoms with Crippen molar-refractivity contribution >= 4 is 35.0 Å². The highest BCUT2D eigenvalue weighted by Gasteiger charge is 2.14. The van der Waals surface area contributed by atoms with Crippen LogP contribution in [0.4, 0.5) is 5.69 Å². The van der Waals surface area contributed by atoms with Gasteiger partial charge in [0.15, 0.2) is 11.0 Å². The summed E-state index contributed by atoms with van der Waals surface area (Å²) in [5, 5.41) is 12.8. The van der Waals surface area contributed by atoms with Crippen molar-refractivity contribution in [3.8, 4) is 5.75 Å². The first-order valence-electron chi connectivity index (χ1n) is 9.82. The number of hydrogen-bond acceptors (Lipinski definition) is 5. The van der Waals surface area contributed by atoms with Crippen molar-refractivity contribution in [1.29, 1.82) is 0 Å². The fourth-order valence-electron chi connectivity index (χ4n) is 2.86. The number of aromatic nitrogens is 3. The number of thioether (sulfide) groups is 1. The van der Waals surface area contributed by atoms with Gasteiger partial charge in [0.1, 0.15) is 12.4 Å². The molecule has 0 bridgehead atoms. The zero-order valence-electron chi connectivity index (χ0n) is 17.3. The number of carbonyl (C=O) groups excluding carboxylic acids is 1. The Morgan fingerprint density at radius 3 is 2.60 bits per heavy atom. The van der Waals surface area contributed by atoms with Crippen molar-refractivity contribution in [2.45, 2.75) is 45.5 Å². The maximum absolute atomic E-state index is 12.3. The molecule has 0 saturated carbocycles. The summed E-state index contributed by atoms with van der Waals surface area (Å²) in [4.78, 5) is 12.3. The SMILES string of the molecule is CCc1ccc(NC(=O)CSc2nnc(COc3ccc(Cl)c(C)c3)n2CC)cc1. The van der Waals surface area contributed by atoms with Gasteiger partial charge in [0.25, 0.3) is 0 Å². The van der Waals surface area contributed by atoms with Crippen LogP contribution >= 0.6 is 23.4 Å². The fourth-order valence-corrected chi connectivity index (χ4v) is 3.79. The molecular formula is C22H25ClN4O2S. The Hall–Kier alpha value is -2.51. The third kappa shape index (κ3) is 5.77. The summed E-state index contributed by atoms with van der Waals surface area (Å²) in [6.07, 6.45) is 0.973. The molecule has 0 fully saturated rings. The highest BCUT2D eigenvalue weighted by atomic mass is 35.5. The normalized spacial score (nSPS) is 10.8. The van der Waals surface area contributed by atoms with Crippen molar-refractivity contribution in [2.24, 2.45) is 0 Å². The minimum absolute atomic E-state index is 0.0793. The molecule has 0 aliphatic rings. The molecule has 6 nitrogen and oxygen atoms in total. The lowest BCUT2D eigenvalue weighted by Gasteiger charge is -2.10. The predicted molar refractivity (Wildman–Crippen MR) is 121 cm³/mol. The molecule has 1 N–H and O–H groups in total. The van der Waals surface area contributed by atoms with E-state index in [1.165, 1.54) is 17.3 Å². The van der Waals surface area contributed by atoms with Crippen LogP contribution in [0.3, 0.4) is 0 Å². The first kappa shape index (κ1) is 22.2. The zero-order valence-corrected chi connectivity index (χ0v) is 18.9. The van der Waals surface area contributed by atoms with Crippen LogP contribution in [-0.4, -0.2) is 26.4 Å². The smallest absolute Gasteiger partial charge is 0.234 e. The molecular weight excluding hydrogens is 420 g/mol. The lowest BCUT2D eigenvalue weighted by atomic mass is 10.1. The van der Waals surface area contributed by atoms with Gasteiger partial charge in [0.05, 0.1) is 5.75 Å². The number of carbonyl (C=O) groups is 1. The van der Waals surface area contributed by atoms with Crippen molar-refractivity contribution in [2.75, 3.05) is 11.1 Å². The van der Waals surface area contributed by atoms with Crippen molar-refractivity contribution < 1.29 is 9.53 Å². The maximum atomic E-state index is 12.3. The molecule has 0 atom stereocenters. The molecule has 1 amide bonds. The number of nitrogens with zero attached hydrogens (tertiary/aromatic N) is 3. The molecule has 0 aliphatic heterocycles. The Morgan fingerprint density at radius 2 is 1.93 bits per heavy atom. The lowest BCUT2D eigenvalue weighted by molar-refractivity contribution is -0.113. The second kappa shape index (κ2) is 10.5. The van der Waals surface area contributed by atoms with Gasteiger partial charge in [-0.15, -0.1) is 10.2 Å². The van der Waals surface area contributed by atoms with Crippen LogP contribution in [0, 0.1) is 6.92 Å². The van der Waals surface area contributed by atoms with E-state index < -0.39 is 0 Å². The van der Waals surface area contributed by atoms with Gasteiger partial charge in [-0.2, -0.15) is 0 Å². The van der Waals surface area contributed by atoms with Crippen molar-refractivity contribution in [3.05, 3.63) is 64.4 Å². The molecule has 0 spiro atoms. The molecule has 2 aromatic carbocycles. The number of anilines is 1. The van der Waals surface area contributed by atoms with Gasteiger partial charge in [0.2, 0.25) is 5.91 Å². The van der Waals surface area contributed by atoms with Gasteiger partial charge in [-0.3, -0.25) is 4.79 Å². The minimum Gasteiger partial charge on any atom is -0.486 e. The number of ether oxygens (including phenoxy) is 1. The molecule has 158 valence electrons. The molecule has 1 heterocycles. The van der Waals surface area contributed by atoms with Crippen LogP contribution < -0.4 is 10.1 Å². The molecule has 0 aliphatic carbocycles. The lowest BCUT2D eigenvalue weighted by Crippen LogP contribution is -2.15.